The zero-order valence-corrected chi connectivity index (χ0v) is 24.7. The third kappa shape index (κ3) is 4.48. The van der Waals surface area contributed by atoms with Gasteiger partial charge in [-0.25, -0.2) is 0 Å². The van der Waals surface area contributed by atoms with Gasteiger partial charge in [0, 0.05) is 28.8 Å². The van der Waals surface area contributed by atoms with E-state index in [-0.39, 0.29) is 0 Å². The minimum absolute atomic E-state index is 0.472. The maximum absolute atomic E-state index is 6.15. The van der Waals surface area contributed by atoms with Gasteiger partial charge in [-0.05, 0) is 81.9 Å². The van der Waals surface area contributed by atoms with Crippen molar-refractivity contribution in [2.75, 3.05) is 4.90 Å². The first-order valence-electron chi connectivity index (χ1n) is 15.3. The van der Waals surface area contributed by atoms with Crippen molar-refractivity contribution in [2.45, 2.75) is 5.41 Å². The molecule has 1 heterocycles. The summed E-state index contributed by atoms with van der Waals surface area (Å²) in [6.45, 7) is 0. The minimum Gasteiger partial charge on any atom is -0.310 e. The van der Waals surface area contributed by atoms with Gasteiger partial charge in [0.15, 0.2) is 0 Å². The molecule has 0 unspecified atom stereocenters. The molecule has 2 radical (unpaired) electrons. The zero-order valence-electron chi connectivity index (χ0n) is 24.7. The highest BCUT2D eigenvalue weighted by Crippen LogP contribution is 2.57. The van der Waals surface area contributed by atoms with E-state index in [1.54, 1.807) is 0 Å². The molecule has 0 bridgehead atoms. The average molecular weight is 573 g/mol. The zero-order chi connectivity index (χ0) is 30.2. The number of rotatable bonds is 6. The van der Waals surface area contributed by atoms with Crippen LogP contribution in [0.1, 0.15) is 22.3 Å². The third-order valence-corrected chi connectivity index (χ3v) is 8.94. The summed E-state index contributed by atoms with van der Waals surface area (Å²) in [5.74, 6) is 0. The summed E-state index contributed by atoms with van der Waals surface area (Å²) in [7, 11) is 6.15. The van der Waals surface area contributed by atoms with Crippen molar-refractivity contribution in [3.8, 4) is 22.4 Å². The van der Waals surface area contributed by atoms with Crippen molar-refractivity contribution >= 4 is 30.4 Å². The first-order valence-corrected chi connectivity index (χ1v) is 15.3. The highest BCUT2D eigenvalue weighted by atomic mass is 15.1. The van der Waals surface area contributed by atoms with Gasteiger partial charge in [-0.1, -0.05) is 127 Å². The second-order valence-electron chi connectivity index (χ2n) is 11.4. The Labute approximate surface area is 265 Å². The minimum atomic E-state index is -0.472. The second kappa shape index (κ2) is 11.1. The van der Waals surface area contributed by atoms with Crippen molar-refractivity contribution in [1.82, 2.24) is 4.98 Å². The quantitative estimate of drug-likeness (QED) is 0.185. The van der Waals surface area contributed by atoms with E-state index in [1.807, 2.05) is 36.5 Å². The molecular weight excluding hydrogens is 543 g/mol. The normalized spacial score (nSPS) is 12.7. The van der Waals surface area contributed by atoms with Crippen molar-refractivity contribution in [2.24, 2.45) is 0 Å². The molecule has 3 heteroatoms. The Hall–Kier alpha value is -5.67. The van der Waals surface area contributed by atoms with E-state index in [4.69, 9.17) is 7.85 Å². The Morgan fingerprint density at radius 1 is 0.467 bits per heavy atom. The van der Waals surface area contributed by atoms with Crippen LogP contribution in [-0.4, -0.2) is 12.8 Å². The highest BCUT2D eigenvalue weighted by molar-refractivity contribution is 6.32. The largest absolute Gasteiger partial charge is 0.310 e. The molecule has 0 saturated heterocycles. The Balaban J connectivity index is 1.36. The van der Waals surface area contributed by atoms with Crippen molar-refractivity contribution in [1.29, 1.82) is 0 Å². The molecule has 1 aliphatic rings. The van der Waals surface area contributed by atoms with Crippen LogP contribution in [0.25, 0.3) is 22.4 Å². The highest BCUT2D eigenvalue weighted by Gasteiger charge is 2.46. The smallest absolute Gasteiger partial charge is 0.113 e. The Bertz CT molecular complexity index is 2050. The monoisotopic (exact) mass is 572 g/mol. The van der Waals surface area contributed by atoms with E-state index < -0.39 is 5.41 Å². The summed E-state index contributed by atoms with van der Waals surface area (Å²) < 4.78 is 0. The molecule has 210 valence electrons. The summed E-state index contributed by atoms with van der Waals surface area (Å²) >= 11 is 0. The number of aromatic nitrogens is 1. The topological polar surface area (TPSA) is 16.1 Å². The van der Waals surface area contributed by atoms with Crippen LogP contribution in [0, 0.1) is 0 Å². The maximum atomic E-state index is 6.15. The van der Waals surface area contributed by atoms with E-state index in [2.05, 4.69) is 149 Å². The van der Waals surface area contributed by atoms with Crippen LogP contribution >= 0.6 is 0 Å². The molecular formula is C42H29BN2. The number of fused-ring (bicyclic) bond motifs is 3. The van der Waals surface area contributed by atoms with Gasteiger partial charge in [-0.3, -0.25) is 4.98 Å². The molecule has 1 aromatic heterocycles. The molecule has 0 N–H and O–H groups in total. The molecule has 0 fully saturated rings. The van der Waals surface area contributed by atoms with Gasteiger partial charge < -0.3 is 4.90 Å². The van der Waals surface area contributed by atoms with Gasteiger partial charge in [0.25, 0.3) is 0 Å². The van der Waals surface area contributed by atoms with Gasteiger partial charge >= 0.3 is 0 Å². The predicted octanol–water partition coefficient (Wildman–Crippen LogP) is 9.38. The Morgan fingerprint density at radius 2 is 1.02 bits per heavy atom. The summed E-state index contributed by atoms with van der Waals surface area (Å²) in [6.07, 6.45) is 1.83. The summed E-state index contributed by atoms with van der Waals surface area (Å²) in [4.78, 5) is 6.87. The first kappa shape index (κ1) is 26.9. The number of hydrogen-bond donors (Lipinski definition) is 0. The van der Waals surface area contributed by atoms with Crippen molar-refractivity contribution in [3.63, 3.8) is 0 Å². The van der Waals surface area contributed by atoms with Crippen LogP contribution < -0.4 is 10.4 Å². The van der Waals surface area contributed by atoms with Crippen LogP contribution in [0.4, 0.5) is 17.1 Å². The van der Waals surface area contributed by atoms with E-state index in [0.717, 1.165) is 33.8 Å². The van der Waals surface area contributed by atoms with Gasteiger partial charge in [0.05, 0.1) is 11.1 Å². The fourth-order valence-electron chi connectivity index (χ4n) is 6.96. The Kier molecular flexibility index (Phi) is 6.65. The molecule has 0 amide bonds. The van der Waals surface area contributed by atoms with Crippen LogP contribution in [0.5, 0.6) is 0 Å². The molecule has 1 aliphatic carbocycles. The van der Waals surface area contributed by atoms with Gasteiger partial charge in [-0.2, -0.15) is 0 Å². The molecule has 0 aliphatic heterocycles. The number of hydrogen-bond acceptors (Lipinski definition) is 2. The number of anilines is 3. The fraction of sp³-hybridized carbons (Fsp3) is 0.0238. The van der Waals surface area contributed by atoms with Gasteiger partial charge in [0.1, 0.15) is 7.85 Å². The molecule has 8 rings (SSSR count). The third-order valence-electron chi connectivity index (χ3n) is 8.94. The molecule has 2 nitrogen and oxygen atoms in total. The molecule has 0 atom stereocenters. The van der Waals surface area contributed by atoms with E-state index >= 15 is 0 Å². The molecule has 45 heavy (non-hydrogen) atoms. The SMILES string of the molecule is [B]c1ccc(N(c2ccc(-c3ccccn3)cc2)c2ccc3c(c2)C(c2ccccc2)(c2ccccc2)c2ccccc2-3)cc1. The molecule has 7 aromatic rings. The van der Waals surface area contributed by atoms with Gasteiger partial charge in [-0.15, -0.1) is 0 Å². The molecule has 0 spiro atoms. The number of pyridine rings is 1. The summed E-state index contributed by atoms with van der Waals surface area (Å²) in [5, 5.41) is 0. The molecule has 6 aromatic carbocycles. The Morgan fingerprint density at radius 3 is 1.67 bits per heavy atom. The van der Waals surface area contributed by atoms with Gasteiger partial charge in [0.2, 0.25) is 0 Å². The predicted molar refractivity (Wildman–Crippen MR) is 187 cm³/mol. The van der Waals surface area contributed by atoms with Crippen molar-refractivity contribution in [3.05, 3.63) is 198 Å². The van der Waals surface area contributed by atoms with E-state index in [9.17, 15) is 0 Å². The summed E-state index contributed by atoms with van der Waals surface area (Å²) in [5.41, 5.74) is 13.1. The first-order chi connectivity index (χ1) is 22.2. The lowest BCUT2D eigenvalue weighted by Gasteiger charge is -2.35. The van der Waals surface area contributed by atoms with Crippen LogP contribution in [-0.2, 0) is 5.41 Å². The molecule has 0 saturated carbocycles. The van der Waals surface area contributed by atoms with Crippen LogP contribution in [0.15, 0.2) is 176 Å². The maximum Gasteiger partial charge on any atom is 0.113 e. The summed E-state index contributed by atoms with van der Waals surface area (Å²) in [6, 6.07) is 60.4. The number of benzene rings is 6. The number of nitrogens with zero attached hydrogens (tertiary/aromatic N) is 2. The fourth-order valence-corrected chi connectivity index (χ4v) is 6.96. The van der Waals surface area contributed by atoms with E-state index in [0.29, 0.717) is 0 Å². The lowest BCUT2D eigenvalue weighted by molar-refractivity contribution is 0.768. The van der Waals surface area contributed by atoms with Crippen molar-refractivity contribution < 1.29 is 0 Å². The lowest BCUT2D eigenvalue weighted by Crippen LogP contribution is -2.28. The van der Waals surface area contributed by atoms with Crippen LogP contribution in [0.3, 0.4) is 0 Å². The lowest BCUT2D eigenvalue weighted by atomic mass is 9.67. The standard InChI is InChI=1S/C42H29BN2/c43-33-20-24-35(25-21-33)45(34-22-18-30(19-23-34)41-17-9-10-28-44-41)36-26-27-38-37-15-7-8-16-39(37)42(40(38)29-36,31-11-3-1-4-12-31)32-13-5-2-6-14-32/h1-29H. The van der Waals surface area contributed by atoms with Crippen LogP contribution in [0.2, 0.25) is 0 Å². The second-order valence-corrected chi connectivity index (χ2v) is 11.4. The van der Waals surface area contributed by atoms with E-state index in [1.165, 1.54) is 33.4 Å². The average Bonchev–Trinajstić information content (AvgIpc) is 3.41.